The molecule has 0 atom stereocenters. The molecule has 0 saturated carbocycles. The monoisotopic (exact) mass is 558 g/mol. The van der Waals surface area contributed by atoms with Gasteiger partial charge in [-0.2, -0.15) is 0 Å². The molecular formula is C26H20ClIO4. The van der Waals surface area contributed by atoms with Crippen molar-refractivity contribution >= 4 is 52.0 Å². The summed E-state index contributed by atoms with van der Waals surface area (Å²) in [6.45, 7) is 2.40. The molecule has 1 heterocycles. The number of carbonyl (C=O) groups excluding carboxylic acids is 1. The zero-order valence-corrected chi connectivity index (χ0v) is 20.4. The number of halogens is 2. The minimum Gasteiger partial charge on any atom is -0.493 e. The van der Waals surface area contributed by atoms with E-state index in [1.165, 1.54) is 0 Å². The number of cyclic esters (lactones) is 1. The fourth-order valence-corrected chi connectivity index (χ4v) is 4.14. The topological polar surface area (TPSA) is 44.8 Å². The number of esters is 1. The summed E-state index contributed by atoms with van der Waals surface area (Å²) < 4.78 is 17.9. The Morgan fingerprint density at radius 1 is 1.06 bits per heavy atom. The van der Waals surface area contributed by atoms with Gasteiger partial charge in [0.05, 0.1) is 16.3 Å². The largest absolute Gasteiger partial charge is 0.493 e. The maximum atomic E-state index is 12.4. The lowest BCUT2D eigenvalue weighted by atomic mass is 10.1. The Balaban J connectivity index is 1.58. The summed E-state index contributed by atoms with van der Waals surface area (Å²) in [6, 6.07) is 19.1. The molecule has 3 aromatic rings. The van der Waals surface area contributed by atoms with Crippen molar-refractivity contribution in [1.82, 2.24) is 0 Å². The number of methoxy groups -OCH3 is 1. The number of benzene rings is 3. The van der Waals surface area contributed by atoms with Crippen LogP contribution in [0.25, 0.3) is 11.8 Å². The smallest absolute Gasteiger partial charge is 0.343 e. The highest BCUT2D eigenvalue weighted by Crippen LogP contribution is 2.36. The Hall–Kier alpha value is -2.77. The number of hydrogen-bond acceptors (Lipinski definition) is 4. The highest BCUT2D eigenvalue weighted by molar-refractivity contribution is 14.1. The van der Waals surface area contributed by atoms with E-state index in [0.717, 1.165) is 25.8 Å². The molecule has 0 aliphatic carbocycles. The van der Waals surface area contributed by atoms with E-state index >= 15 is 0 Å². The fourth-order valence-electron chi connectivity index (χ4n) is 3.23. The summed E-state index contributed by atoms with van der Waals surface area (Å²) in [5.74, 6) is 1.41. The summed E-state index contributed by atoms with van der Waals surface area (Å²) in [4.78, 5) is 12.4. The molecule has 0 unspecified atom stereocenters. The van der Waals surface area contributed by atoms with Crippen molar-refractivity contribution in [2.75, 3.05) is 7.11 Å². The standard InChI is InChI=1S/C26H20ClIO4/c1-16-3-7-19(8-4-16)23-14-20(26(29)32-23)11-18-12-22(28)25(24(13-18)30-2)31-15-17-5-9-21(27)10-6-17/h3-14H,15H2,1-2H3/b20-11+. The molecule has 0 bridgehead atoms. The van der Waals surface area contributed by atoms with Gasteiger partial charge in [-0.3, -0.25) is 0 Å². The average molecular weight is 559 g/mol. The molecule has 0 amide bonds. The van der Waals surface area contributed by atoms with Crippen LogP contribution in [-0.4, -0.2) is 13.1 Å². The molecule has 162 valence electrons. The number of carbonyl (C=O) groups is 1. The van der Waals surface area contributed by atoms with Gasteiger partial charge in [0.15, 0.2) is 11.5 Å². The Labute approximate surface area is 205 Å². The van der Waals surface area contributed by atoms with Gasteiger partial charge in [-0.1, -0.05) is 53.6 Å². The molecule has 32 heavy (non-hydrogen) atoms. The number of hydrogen-bond donors (Lipinski definition) is 0. The van der Waals surface area contributed by atoms with E-state index in [1.54, 1.807) is 19.3 Å². The Morgan fingerprint density at radius 3 is 2.47 bits per heavy atom. The van der Waals surface area contributed by atoms with Gasteiger partial charge in [-0.25, -0.2) is 4.79 Å². The Bertz CT molecular complexity index is 1210. The summed E-state index contributed by atoms with van der Waals surface area (Å²) >= 11 is 8.15. The quantitative estimate of drug-likeness (QED) is 0.189. The van der Waals surface area contributed by atoms with Crippen molar-refractivity contribution in [3.05, 3.63) is 103 Å². The van der Waals surface area contributed by atoms with Crippen LogP contribution in [0.5, 0.6) is 11.5 Å². The Morgan fingerprint density at radius 2 is 1.78 bits per heavy atom. The first kappa shape index (κ1) is 22.4. The van der Waals surface area contributed by atoms with E-state index in [1.807, 2.05) is 67.6 Å². The second kappa shape index (κ2) is 9.79. The zero-order chi connectivity index (χ0) is 22.7. The lowest BCUT2D eigenvalue weighted by molar-refractivity contribution is -0.130. The molecule has 0 fully saturated rings. The lowest BCUT2D eigenvalue weighted by Crippen LogP contribution is -2.01. The predicted molar refractivity (Wildman–Crippen MR) is 135 cm³/mol. The third-order valence-electron chi connectivity index (χ3n) is 4.93. The van der Waals surface area contributed by atoms with E-state index in [9.17, 15) is 4.79 Å². The fraction of sp³-hybridized carbons (Fsp3) is 0.115. The van der Waals surface area contributed by atoms with Crippen molar-refractivity contribution < 1.29 is 19.0 Å². The van der Waals surface area contributed by atoms with Crippen LogP contribution in [0.3, 0.4) is 0 Å². The van der Waals surface area contributed by atoms with Gasteiger partial charge in [-0.15, -0.1) is 0 Å². The Kier molecular flexibility index (Phi) is 6.86. The van der Waals surface area contributed by atoms with Crippen LogP contribution >= 0.6 is 34.2 Å². The maximum Gasteiger partial charge on any atom is 0.343 e. The van der Waals surface area contributed by atoms with Gasteiger partial charge in [0.1, 0.15) is 12.4 Å². The van der Waals surface area contributed by atoms with Crippen molar-refractivity contribution in [3.63, 3.8) is 0 Å². The van der Waals surface area contributed by atoms with Crippen molar-refractivity contribution in [2.24, 2.45) is 0 Å². The van der Waals surface area contributed by atoms with Crippen LogP contribution in [0, 0.1) is 10.5 Å². The highest BCUT2D eigenvalue weighted by Gasteiger charge is 2.22. The van der Waals surface area contributed by atoms with Crippen LogP contribution < -0.4 is 9.47 Å². The van der Waals surface area contributed by atoms with Gasteiger partial charge in [0, 0.05) is 10.6 Å². The second-order valence-corrected chi connectivity index (χ2v) is 8.91. The number of aryl methyl sites for hydroxylation is 1. The highest BCUT2D eigenvalue weighted by atomic mass is 127. The molecule has 0 N–H and O–H groups in total. The third kappa shape index (κ3) is 5.16. The SMILES string of the molecule is COc1cc(/C=C2\C=C(c3ccc(C)cc3)OC2=O)cc(I)c1OCc1ccc(Cl)cc1. The predicted octanol–water partition coefficient (Wildman–Crippen LogP) is 6.82. The second-order valence-electron chi connectivity index (χ2n) is 7.31. The first-order valence-corrected chi connectivity index (χ1v) is 11.4. The molecule has 0 radical (unpaired) electrons. The molecule has 0 aromatic heterocycles. The molecule has 0 spiro atoms. The summed E-state index contributed by atoms with van der Waals surface area (Å²) in [7, 11) is 1.59. The van der Waals surface area contributed by atoms with E-state index < -0.39 is 0 Å². The van der Waals surface area contributed by atoms with Crippen LogP contribution in [0.1, 0.15) is 22.3 Å². The zero-order valence-electron chi connectivity index (χ0n) is 17.5. The lowest BCUT2D eigenvalue weighted by Gasteiger charge is -2.14. The molecule has 4 rings (SSSR count). The van der Waals surface area contributed by atoms with Crippen LogP contribution in [-0.2, 0) is 16.1 Å². The first-order valence-electron chi connectivity index (χ1n) is 9.90. The van der Waals surface area contributed by atoms with Crippen molar-refractivity contribution in [2.45, 2.75) is 13.5 Å². The summed E-state index contributed by atoms with van der Waals surface area (Å²) in [5, 5.41) is 0.684. The van der Waals surface area contributed by atoms with E-state index in [4.69, 9.17) is 25.8 Å². The summed E-state index contributed by atoms with van der Waals surface area (Å²) in [5.41, 5.74) is 4.31. The third-order valence-corrected chi connectivity index (χ3v) is 5.98. The molecule has 3 aromatic carbocycles. The van der Waals surface area contributed by atoms with Gasteiger partial charge in [0.25, 0.3) is 0 Å². The molecule has 1 aliphatic heterocycles. The molecule has 4 nitrogen and oxygen atoms in total. The van der Waals surface area contributed by atoms with Crippen molar-refractivity contribution in [1.29, 1.82) is 0 Å². The minimum atomic E-state index is -0.377. The van der Waals surface area contributed by atoms with Gasteiger partial charge < -0.3 is 14.2 Å². The van der Waals surface area contributed by atoms with Crippen LogP contribution in [0.4, 0.5) is 0 Å². The molecule has 6 heteroatoms. The van der Waals surface area contributed by atoms with Gasteiger partial charge in [0.2, 0.25) is 0 Å². The molecular weight excluding hydrogens is 539 g/mol. The van der Waals surface area contributed by atoms with E-state index in [-0.39, 0.29) is 5.97 Å². The average Bonchev–Trinajstić information content (AvgIpc) is 3.14. The normalized spacial score (nSPS) is 14.3. The van der Waals surface area contributed by atoms with Gasteiger partial charge in [-0.05, 0) is 77.1 Å². The van der Waals surface area contributed by atoms with Gasteiger partial charge >= 0.3 is 5.97 Å². The van der Waals surface area contributed by atoms with E-state index in [0.29, 0.717) is 34.5 Å². The molecule has 0 saturated heterocycles. The number of rotatable bonds is 6. The number of ether oxygens (including phenoxy) is 3. The molecule has 1 aliphatic rings. The van der Waals surface area contributed by atoms with Crippen LogP contribution in [0.15, 0.2) is 72.3 Å². The summed E-state index contributed by atoms with van der Waals surface area (Å²) in [6.07, 6.45) is 3.55. The minimum absolute atomic E-state index is 0.377. The van der Waals surface area contributed by atoms with E-state index in [2.05, 4.69) is 22.6 Å². The maximum absolute atomic E-state index is 12.4. The van der Waals surface area contributed by atoms with Crippen LogP contribution in [0.2, 0.25) is 5.02 Å². The van der Waals surface area contributed by atoms with Crippen molar-refractivity contribution in [3.8, 4) is 11.5 Å². The first-order chi connectivity index (χ1) is 15.4.